The fourth-order valence-electron chi connectivity index (χ4n) is 2.68. The molecule has 0 spiro atoms. The second kappa shape index (κ2) is 5.10. The molecule has 2 aliphatic heterocycles. The Morgan fingerprint density at radius 2 is 1.86 bits per heavy atom. The summed E-state index contributed by atoms with van der Waals surface area (Å²) in [6.07, 6.45) is 5.60. The van der Waals surface area contributed by atoms with Gasteiger partial charge in [-0.1, -0.05) is 6.42 Å². The van der Waals surface area contributed by atoms with Crippen molar-refractivity contribution in [3.05, 3.63) is 0 Å². The van der Waals surface area contributed by atoms with Crippen LogP contribution in [0.2, 0.25) is 0 Å². The highest BCUT2D eigenvalue weighted by molar-refractivity contribution is 4.76. The van der Waals surface area contributed by atoms with Crippen molar-refractivity contribution < 1.29 is 0 Å². The van der Waals surface area contributed by atoms with Crippen LogP contribution in [0, 0.1) is 5.92 Å². The molecule has 0 aliphatic carbocycles. The van der Waals surface area contributed by atoms with Gasteiger partial charge in [0.25, 0.3) is 0 Å². The van der Waals surface area contributed by atoms with Gasteiger partial charge in [-0.3, -0.25) is 0 Å². The Hall–Kier alpha value is -0.120. The van der Waals surface area contributed by atoms with Crippen molar-refractivity contribution in [1.82, 2.24) is 15.3 Å². The number of nitrogens with zero attached hydrogens (tertiary/aromatic N) is 2. The van der Waals surface area contributed by atoms with Gasteiger partial charge in [0, 0.05) is 26.2 Å². The number of piperidine rings is 1. The van der Waals surface area contributed by atoms with Crippen LogP contribution in [0.1, 0.15) is 25.7 Å². The van der Waals surface area contributed by atoms with Gasteiger partial charge in [0.05, 0.1) is 0 Å². The summed E-state index contributed by atoms with van der Waals surface area (Å²) < 4.78 is 0. The number of hydrazine groups is 1. The molecular formula is C11H23N3. The number of hydrogen-bond donors (Lipinski definition) is 1. The lowest BCUT2D eigenvalue weighted by Gasteiger charge is -2.34. The van der Waals surface area contributed by atoms with E-state index in [0.29, 0.717) is 0 Å². The van der Waals surface area contributed by atoms with E-state index in [1.807, 2.05) is 0 Å². The van der Waals surface area contributed by atoms with Crippen LogP contribution in [-0.4, -0.2) is 49.8 Å². The van der Waals surface area contributed by atoms with Gasteiger partial charge in [-0.2, -0.15) is 0 Å². The van der Waals surface area contributed by atoms with Gasteiger partial charge in [-0.15, -0.1) is 0 Å². The van der Waals surface area contributed by atoms with E-state index in [1.54, 1.807) is 0 Å². The fraction of sp³-hybridized carbons (Fsp3) is 1.00. The highest BCUT2D eigenvalue weighted by Crippen LogP contribution is 2.20. The van der Waals surface area contributed by atoms with Crippen LogP contribution in [0.5, 0.6) is 0 Å². The van der Waals surface area contributed by atoms with Crippen molar-refractivity contribution >= 4 is 0 Å². The molecule has 2 saturated heterocycles. The quantitative estimate of drug-likeness (QED) is 0.726. The molecule has 1 unspecified atom stereocenters. The molecule has 14 heavy (non-hydrogen) atoms. The molecular weight excluding hydrogens is 174 g/mol. The fourth-order valence-corrected chi connectivity index (χ4v) is 2.68. The molecule has 3 heteroatoms. The molecule has 2 fully saturated rings. The Morgan fingerprint density at radius 3 is 2.57 bits per heavy atom. The largest absolute Gasteiger partial charge is 0.319 e. The summed E-state index contributed by atoms with van der Waals surface area (Å²) in [5.74, 6) is 0.877. The van der Waals surface area contributed by atoms with Crippen molar-refractivity contribution in [2.75, 3.05) is 39.8 Å². The van der Waals surface area contributed by atoms with E-state index in [0.717, 1.165) is 5.92 Å². The second-order valence-corrected chi connectivity index (χ2v) is 4.64. The monoisotopic (exact) mass is 197 g/mol. The topological polar surface area (TPSA) is 18.5 Å². The lowest BCUT2D eigenvalue weighted by atomic mass is 10.1. The average Bonchev–Trinajstić information content (AvgIpc) is 2.68. The summed E-state index contributed by atoms with van der Waals surface area (Å²) in [5, 5.41) is 8.45. The Labute approximate surface area is 87.4 Å². The first-order valence-electron chi connectivity index (χ1n) is 6.04. The molecule has 1 N–H and O–H groups in total. The Kier molecular flexibility index (Phi) is 3.79. The average molecular weight is 197 g/mol. The molecule has 0 amide bonds. The van der Waals surface area contributed by atoms with Gasteiger partial charge < -0.3 is 5.32 Å². The van der Waals surface area contributed by atoms with Crippen LogP contribution in [0.15, 0.2) is 0 Å². The van der Waals surface area contributed by atoms with Gasteiger partial charge in [0.1, 0.15) is 0 Å². The molecule has 0 aromatic rings. The van der Waals surface area contributed by atoms with Crippen LogP contribution >= 0.6 is 0 Å². The Bertz CT molecular complexity index is 166. The van der Waals surface area contributed by atoms with Gasteiger partial charge in [-0.05, 0) is 38.8 Å². The van der Waals surface area contributed by atoms with Gasteiger partial charge in [0.2, 0.25) is 0 Å². The smallest absolute Gasteiger partial charge is 0.0174 e. The summed E-state index contributed by atoms with van der Waals surface area (Å²) in [6.45, 7) is 6.34. The zero-order valence-electron chi connectivity index (χ0n) is 9.34. The summed E-state index contributed by atoms with van der Waals surface area (Å²) >= 11 is 0. The molecule has 2 rings (SSSR count). The molecule has 2 heterocycles. The van der Waals surface area contributed by atoms with Crippen molar-refractivity contribution in [2.45, 2.75) is 25.7 Å². The maximum Gasteiger partial charge on any atom is 0.0174 e. The van der Waals surface area contributed by atoms with Crippen molar-refractivity contribution in [3.63, 3.8) is 0 Å². The molecule has 3 nitrogen and oxygen atoms in total. The van der Waals surface area contributed by atoms with Gasteiger partial charge >= 0.3 is 0 Å². The van der Waals surface area contributed by atoms with E-state index in [-0.39, 0.29) is 0 Å². The Morgan fingerprint density at radius 1 is 1.07 bits per heavy atom. The summed E-state index contributed by atoms with van der Waals surface area (Å²) in [7, 11) is 2.06. The Balaban J connectivity index is 1.76. The van der Waals surface area contributed by atoms with Crippen LogP contribution in [0.25, 0.3) is 0 Å². The minimum absolute atomic E-state index is 0.877. The zero-order chi connectivity index (χ0) is 9.80. The number of nitrogens with one attached hydrogen (secondary N) is 1. The van der Waals surface area contributed by atoms with Crippen LogP contribution < -0.4 is 5.32 Å². The molecule has 0 bridgehead atoms. The van der Waals surface area contributed by atoms with Gasteiger partial charge in [0.15, 0.2) is 0 Å². The summed E-state index contributed by atoms with van der Waals surface area (Å²) in [4.78, 5) is 0. The zero-order valence-corrected chi connectivity index (χ0v) is 9.34. The first-order valence-corrected chi connectivity index (χ1v) is 6.04. The highest BCUT2D eigenvalue weighted by Gasteiger charge is 2.26. The lowest BCUT2D eigenvalue weighted by molar-refractivity contribution is -0.0218. The van der Waals surface area contributed by atoms with E-state index in [9.17, 15) is 0 Å². The molecule has 0 radical (unpaired) electrons. The van der Waals surface area contributed by atoms with E-state index in [2.05, 4.69) is 22.4 Å². The second-order valence-electron chi connectivity index (χ2n) is 4.64. The number of hydrogen-bond acceptors (Lipinski definition) is 3. The first kappa shape index (κ1) is 10.4. The third-order valence-corrected chi connectivity index (χ3v) is 3.49. The van der Waals surface area contributed by atoms with E-state index in [4.69, 9.17) is 0 Å². The van der Waals surface area contributed by atoms with Crippen molar-refractivity contribution in [1.29, 1.82) is 0 Å². The predicted molar refractivity (Wildman–Crippen MR) is 59.0 cm³/mol. The lowest BCUT2D eigenvalue weighted by Crippen LogP contribution is -2.44. The molecule has 0 aromatic heterocycles. The number of rotatable bonds is 3. The molecule has 2 aliphatic rings. The summed E-state index contributed by atoms with van der Waals surface area (Å²) in [6, 6.07) is 0. The molecule has 82 valence electrons. The third-order valence-electron chi connectivity index (χ3n) is 3.49. The minimum Gasteiger partial charge on any atom is -0.319 e. The summed E-state index contributed by atoms with van der Waals surface area (Å²) in [5.41, 5.74) is 0. The molecule has 0 saturated carbocycles. The maximum atomic E-state index is 3.29. The minimum atomic E-state index is 0.877. The molecule has 1 atom stereocenters. The normalized spacial score (nSPS) is 31.1. The standard InChI is InChI=1S/C11H23N3/c1-12-9-11-5-8-14(10-11)13-6-3-2-4-7-13/h11-12H,2-10H2,1H3. The first-order chi connectivity index (χ1) is 6.90. The van der Waals surface area contributed by atoms with E-state index < -0.39 is 0 Å². The van der Waals surface area contributed by atoms with Crippen LogP contribution in [-0.2, 0) is 0 Å². The van der Waals surface area contributed by atoms with Crippen molar-refractivity contribution in [2.24, 2.45) is 5.92 Å². The highest BCUT2D eigenvalue weighted by atomic mass is 15.6. The third kappa shape index (κ3) is 2.47. The predicted octanol–water partition coefficient (Wildman–Crippen LogP) is 0.929. The van der Waals surface area contributed by atoms with E-state index in [1.165, 1.54) is 58.4 Å². The van der Waals surface area contributed by atoms with Crippen molar-refractivity contribution in [3.8, 4) is 0 Å². The molecule has 0 aromatic carbocycles. The maximum absolute atomic E-state index is 3.29. The van der Waals surface area contributed by atoms with Gasteiger partial charge in [-0.25, -0.2) is 10.0 Å². The SMILES string of the molecule is CNCC1CCN(N2CCCCC2)C1. The van der Waals surface area contributed by atoms with E-state index >= 15 is 0 Å². The van der Waals surface area contributed by atoms with Crippen LogP contribution in [0.3, 0.4) is 0 Å². The van der Waals surface area contributed by atoms with Crippen LogP contribution in [0.4, 0.5) is 0 Å².